The quantitative estimate of drug-likeness (QED) is 0.686. The zero-order valence-corrected chi connectivity index (χ0v) is 15.6. The van der Waals surface area contributed by atoms with Crippen molar-refractivity contribution < 1.29 is 12.8 Å². The Bertz CT molecular complexity index is 977. The Morgan fingerprint density at radius 3 is 2.38 bits per heavy atom. The van der Waals surface area contributed by atoms with E-state index in [0.717, 1.165) is 17.1 Å². The van der Waals surface area contributed by atoms with Crippen molar-refractivity contribution in [2.24, 2.45) is 0 Å². The van der Waals surface area contributed by atoms with Crippen LogP contribution in [0.15, 0.2) is 53.4 Å². The van der Waals surface area contributed by atoms with Gasteiger partial charge in [-0.15, -0.1) is 11.3 Å². The van der Waals surface area contributed by atoms with Crippen molar-refractivity contribution >= 4 is 31.6 Å². The number of sulfonamides is 1. The molecule has 1 aliphatic heterocycles. The van der Waals surface area contributed by atoms with Crippen LogP contribution in [-0.4, -0.2) is 48.8 Å². The highest BCUT2D eigenvalue weighted by Gasteiger charge is 2.28. The third-order valence-electron chi connectivity index (χ3n) is 4.48. The van der Waals surface area contributed by atoms with Crippen LogP contribution in [0.2, 0.25) is 0 Å². The number of benzene rings is 2. The van der Waals surface area contributed by atoms with Crippen molar-refractivity contribution in [2.75, 3.05) is 26.2 Å². The van der Waals surface area contributed by atoms with Crippen LogP contribution in [-0.2, 0) is 16.6 Å². The van der Waals surface area contributed by atoms with E-state index in [2.05, 4.69) is 16.0 Å². The summed E-state index contributed by atoms with van der Waals surface area (Å²) >= 11 is 1.68. The lowest BCUT2D eigenvalue weighted by molar-refractivity contribution is 0.181. The molecule has 2 aromatic carbocycles. The van der Waals surface area contributed by atoms with E-state index in [1.165, 1.54) is 33.3 Å². The molecule has 5 nitrogen and oxygen atoms in total. The van der Waals surface area contributed by atoms with Gasteiger partial charge in [0.05, 0.1) is 21.7 Å². The largest absolute Gasteiger partial charge is 0.294 e. The maximum absolute atomic E-state index is 13.0. The zero-order valence-electron chi connectivity index (χ0n) is 14.0. The highest BCUT2D eigenvalue weighted by molar-refractivity contribution is 7.89. The van der Waals surface area contributed by atoms with Crippen molar-refractivity contribution in [3.63, 3.8) is 0 Å². The molecule has 1 aromatic heterocycles. The van der Waals surface area contributed by atoms with Gasteiger partial charge >= 0.3 is 0 Å². The minimum absolute atomic E-state index is 0.138. The van der Waals surface area contributed by atoms with Gasteiger partial charge in [0.2, 0.25) is 10.0 Å². The predicted octanol–water partition coefficient (Wildman–Crippen LogP) is 2.94. The van der Waals surface area contributed by atoms with E-state index in [1.807, 2.05) is 18.2 Å². The van der Waals surface area contributed by atoms with Crippen molar-refractivity contribution in [1.82, 2.24) is 14.2 Å². The molecule has 26 heavy (non-hydrogen) atoms. The van der Waals surface area contributed by atoms with E-state index in [9.17, 15) is 12.8 Å². The van der Waals surface area contributed by atoms with Crippen LogP contribution in [0, 0.1) is 5.82 Å². The summed E-state index contributed by atoms with van der Waals surface area (Å²) in [4.78, 5) is 6.99. The number of para-hydroxylation sites is 1. The van der Waals surface area contributed by atoms with E-state index >= 15 is 0 Å². The summed E-state index contributed by atoms with van der Waals surface area (Å²) < 4.78 is 41.0. The van der Waals surface area contributed by atoms with Crippen LogP contribution in [0.25, 0.3) is 10.2 Å². The van der Waals surface area contributed by atoms with Gasteiger partial charge in [-0.1, -0.05) is 12.1 Å². The molecule has 1 aliphatic rings. The highest BCUT2D eigenvalue weighted by atomic mass is 32.2. The minimum Gasteiger partial charge on any atom is -0.294 e. The first-order valence-corrected chi connectivity index (χ1v) is 10.6. The third kappa shape index (κ3) is 3.50. The highest BCUT2D eigenvalue weighted by Crippen LogP contribution is 2.24. The molecule has 0 unspecified atom stereocenters. The van der Waals surface area contributed by atoms with Gasteiger partial charge in [0.1, 0.15) is 10.8 Å². The fourth-order valence-electron chi connectivity index (χ4n) is 3.06. The topological polar surface area (TPSA) is 53.5 Å². The number of rotatable bonds is 4. The molecule has 0 spiro atoms. The van der Waals surface area contributed by atoms with Crippen LogP contribution in [0.5, 0.6) is 0 Å². The summed E-state index contributed by atoms with van der Waals surface area (Å²) in [5.74, 6) is -0.440. The second kappa shape index (κ2) is 7.03. The van der Waals surface area contributed by atoms with Crippen LogP contribution in [0.4, 0.5) is 4.39 Å². The van der Waals surface area contributed by atoms with Crippen LogP contribution < -0.4 is 0 Å². The Morgan fingerprint density at radius 1 is 1.00 bits per heavy atom. The normalized spacial score (nSPS) is 17.0. The number of piperazine rings is 1. The van der Waals surface area contributed by atoms with E-state index < -0.39 is 15.8 Å². The van der Waals surface area contributed by atoms with Crippen molar-refractivity contribution in [3.8, 4) is 0 Å². The monoisotopic (exact) mass is 391 g/mol. The predicted molar refractivity (Wildman–Crippen MR) is 100 cm³/mol. The maximum atomic E-state index is 13.0. The van der Waals surface area contributed by atoms with Crippen LogP contribution in [0.3, 0.4) is 0 Å². The fourth-order valence-corrected chi connectivity index (χ4v) is 5.49. The molecule has 0 saturated carbocycles. The number of hydrogen-bond donors (Lipinski definition) is 0. The summed E-state index contributed by atoms with van der Waals surface area (Å²) in [6, 6.07) is 13.0. The van der Waals surface area contributed by atoms with E-state index in [0.29, 0.717) is 26.2 Å². The van der Waals surface area contributed by atoms with Gasteiger partial charge in [-0.05, 0) is 36.4 Å². The molecule has 1 saturated heterocycles. The maximum Gasteiger partial charge on any atom is 0.243 e. The molecule has 0 bridgehead atoms. The first-order valence-electron chi connectivity index (χ1n) is 8.35. The first-order chi connectivity index (χ1) is 12.5. The second-order valence-electron chi connectivity index (χ2n) is 6.21. The Labute approximate surface area is 155 Å². The zero-order chi connectivity index (χ0) is 18.1. The van der Waals surface area contributed by atoms with Crippen molar-refractivity contribution in [2.45, 2.75) is 11.4 Å². The second-order valence-corrected chi connectivity index (χ2v) is 9.26. The molecule has 2 heterocycles. The number of aromatic nitrogens is 1. The molecule has 0 radical (unpaired) electrons. The summed E-state index contributed by atoms with van der Waals surface area (Å²) in [6.45, 7) is 2.87. The molecule has 0 atom stereocenters. The Hall–Kier alpha value is -1.87. The Kier molecular flexibility index (Phi) is 4.74. The number of hydrogen-bond acceptors (Lipinski definition) is 5. The Morgan fingerprint density at radius 2 is 1.69 bits per heavy atom. The van der Waals surface area contributed by atoms with E-state index in [4.69, 9.17) is 0 Å². The van der Waals surface area contributed by atoms with Gasteiger partial charge in [-0.3, -0.25) is 4.90 Å². The summed E-state index contributed by atoms with van der Waals surface area (Å²) in [7, 11) is -3.57. The molecular weight excluding hydrogens is 373 g/mol. The number of fused-ring (bicyclic) bond motifs is 1. The lowest BCUT2D eigenvalue weighted by Crippen LogP contribution is -2.48. The van der Waals surface area contributed by atoms with E-state index in [-0.39, 0.29) is 4.90 Å². The van der Waals surface area contributed by atoms with Crippen molar-refractivity contribution in [3.05, 3.63) is 59.4 Å². The van der Waals surface area contributed by atoms with Gasteiger partial charge in [-0.2, -0.15) is 4.31 Å². The average molecular weight is 391 g/mol. The summed E-state index contributed by atoms with van der Waals surface area (Å²) in [5.41, 5.74) is 1.00. The molecule has 4 rings (SSSR count). The van der Waals surface area contributed by atoms with Crippen LogP contribution >= 0.6 is 11.3 Å². The standard InChI is InChI=1S/C18H18FN3O2S2/c19-14-5-7-15(8-6-14)26(23,24)22-11-9-21(10-12-22)13-18-20-16-3-1-2-4-17(16)25-18/h1-8H,9-13H2. The molecule has 8 heteroatoms. The van der Waals surface area contributed by atoms with Gasteiger partial charge in [0, 0.05) is 26.2 Å². The SMILES string of the molecule is O=S(=O)(c1ccc(F)cc1)N1CCN(Cc2nc3ccccc3s2)CC1. The molecule has 3 aromatic rings. The van der Waals surface area contributed by atoms with Gasteiger partial charge < -0.3 is 0 Å². The van der Waals surface area contributed by atoms with Gasteiger partial charge in [-0.25, -0.2) is 17.8 Å². The molecule has 0 amide bonds. The number of thiazole rings is 1. The first kappa shape index (κ1) is 17.5. The molecule has 136 valence electrons. The molecule has 0 N–H and O–H groups in total. The summed E-state index contributed by atoms with van der Waals surface area (Å²) in [6.07, 6.45) is 0. The Balaban J connectivity index is 1.41. The summed E-state index contributed by atoms with van der Waals surface area (Å²) in [5, 5.41) is 1.04. The molecule has 1 fully saturated rings. The smallest absolute Gasteiger partial charge is 0.243 e. The molecular formula is C18H18FN3O2S2. The lowest BCUT2D eigenvalue weighted by atomic mass is 10.3. The van der Waals surface area contributed by atoms with Crippen molar-refractivity contribution in [1.29, 1.82) is 0 Å². The lowest BCUT2D eigenvalue weighted by Gasteiger charge is -2.33. The van der Waals surface area contributed by atoms with Crippen LogP contribution in [0.1, 0.15) is 5.01 Å². The number of nitrogens with zero attached hydrogens (tertiary/aromatic N) is 3. The van der Waals surface area contributed by atoms with Gasteiger partial charge in [0.15, 0.2) is 0 Å². The minimum atomic E-state index is -3.57. The average Bonchev–Trinajstić information content (AvgIpc) is 3.05. The fraction of sp³-hybridized carbons (Fsp3) is 0.278. The number of halogens is 1. The third-order valence-corrected chi connectivity index (χ3v) is 7.41. The van der Waals surface area contributed by atoms with Gasteiger partial charge in [0.25, 0.3) is 0 Å². The van der Waals surface area contributed by atoms with E-state index in [1.54, 1.807) is 11.3 Å². The molecule has 0 aliphatic carbocycles.